The number of hydrogen-bond acceptors (Lipinski definition) is 5. The maximum Gasteiger partial charge on any atom is 0.180 e. The molecule has 0 amide bonds. The van der Waals surface area contributed by atoms with Crippen molar-refractivity contribution in [1.82, 2.24) is 19.9 Å². The van der Waals surface area contributed by atoms with Gasteiger partial charge in [-0.25, -0.2) is 22.7 Å². The van der Waals surface area contributed by atoms with Crippen molar-refractivity contribution in [3.63, 3.8) is 0 Å². The van der Waals surface area contributed by atoms with E-state index in [2.05, 4.69) is 20.7 Å². The number of methoxy groups -OCH3 is 1. The Labute approximate surface area is 182 Å². The van der Waals surface area contributed by atoms with E-state index in [1.54, 1.807) is 35.0 Å². The van der Waals surface area contributed by atoms with Gasteiger partial charge in [-0.05, 0) is 36.5 Å². The second-order valence-electron chi connectivity index (χ2n) is 7.15. The quantitative estimate of drug-likeness (QED) is 0.442. The Balaban J connectivity index is 1.62. The van der Waals surface area contributed by atoms with Crippen LogP contribution in [0.1, 0.15) is 18.0 Å². The van der Waals surface area contributed by atoms with Gasteiger partial charge >= 0.3 is 0 Å². The third-order valence-corrected chi connectivity index (χ3v) is 5.30. The van der Waals surface area contributed by atoms with Crippen molar-refractivity contribution in [3.8, 4) is 0 Å². The zero-order valence-corrected chi connectivity index (χ0v) is 17.5. The SMILES string of the molecule is COCCNC(=S)Nc1cnn2ccc(N3C[C@@H](F)C[C@@H]3c3cc(F)ccc3F)nc12. The van der Waals surface area contributed by atoms with Crippen molar-refractivity contribution in [2.24, 2.45) is 0 Å². The van der Waals surface area contributed by atoms with Gasteiger partial charge in [0.2, 0.25) is 0 Å². The summed E-state index contributed by atoms with van der Waals surface area (Å²) in [5, 5.41) is 10.6. The fraction of sp³-hybridized carbons (Fsp3) is 0.350. The van der Waals surface area contributed by atoms with Crippen LogP contribution < -0.4 is 15.5 Å². The Morgan fingerprint density at radius 1 is 1.32 bits per heavy atom. The number of aromatic nitrogens is 3. The van der Waals surface area contributed by atoms with Gasteiger partial charge in [-0.3, -0.25) is 0 Å². The van der Waals surface area contributed by atoms with Crippen LogP contribution in [0.15, 0.2) is 36.7 Å². The summed E-state index contributed by atoms with van der Waals surface area (Å²) in [7, 11) is 1.60. The molecular formula is C20H21F3N6OS. The maximum absolute atomic E-state index is 14.4. The molecule has 1 aliphatic rings. The van der Waals surface area contributed by atoms with Crippen LogP contribution in [0, 0.1) is 11.6 Å². The van der Waals surface area contributed by atoms with Crippen molar-refractivity contribution in [3.05, 3.63) is 53.9 Å². The number of halogens is 3. The highest BCUT2D eigenvalue weighted by molar-refractivity contribution is 7.80. The molecule has 0 aliphatic carbocycles. The zero-order chi connectivity index (χ0) is 22.0. The lowest BCUT2D eigenvalue weighted by Crippen LogP contribution is -2.31. The summed E-state index contributed by atoms with van der Waals surface area (Å²) >= 11 is 5.26. The van der Waals surface area contributed by atoms with Crippen molar-refractivity contribution < 1.29 is 17.9 Å². The number of nitrogens with one attached hydrogen (secondary N) is 2. The van der Waals surface area contributed by atoms with Crippen molar-refractivity contribution in [1.29, 1.82) is 0 Å². The minimum absolute atomic E-state index is 0.0255. The average molecular weight is 450 g/mol. The monoisotopic (exact) mass is 450 g/mol. The maximum atomic E-state index is 14.4. The van der Waals surface area contributed by atoms with E-state index in [-0.39, 0.29) is 18.5 Å². The fourth-order valence-corrected chi connectivity index (χ4v) is 3.86. The Kier molecular flexibility index (Phi) is 6.23. The molecule has 0 saturated carbocycles. The van der Waals surface area contributed by atoms with E-state index in [1.807, 2.05) is 0 Å². The molecule has 164 valence electrons. The van der Waals surface area contributed by atoms with Crippen molar-refractivity contribution in [2.45, 2.75) is 18.6 Å². The smallest absolute Gasteiger partial charge is 0.180 e. The van der Waals surface area contributed by atoms with Crippen LogP contribution in [0.3, 0.4) is 0 Å². The molecule has 3 heterocycles. The molecule has 0 bridgehead atoms. The van der Waals surface area contributed by atoms with Crippen LogP contribution in [0.25, 0.3) is 5.65 Å². The number of anilines is 2. The molecule has 0 radical (unpaired) electrons. The van der Waals surface area contributed by atoms with Crippen LogP contribution in [0.5, 0.6) is 0 Å². The lowest BCUT2D eigenvalue weighted by atomic mass is 10.0. The highest BCUT2D eigenvalue weighted by Crippen LogP contribution is 2.38. The summed E-state index contributed by atoms with van der Waals surface area (Å²) in [5.74, 6) is -0.715. The lowest BCUT2D eigenvalue weighted by molar-refractivity contribution is 0.204. The van der Waals surface area contributed by atoms with Crippen molar-refractivity contribution >= 4 is 34.5 Å². The molecule has 7 nitrogen and oxygen atoms in total. The molecule has 31 heavy (non-hydrogen) atoms. The van der Waals surface area contributed by atoms with Gasteiger partial charge in [0.1, 0.15) is 29.3 Å². The van der Waals surface area contributed by atoms with E-state index in [1.165, 1.54) is 0 Å². The van der Waals surface area contributed by atoms with Crippen LogP contribution in [0.2, 0.25) is 0 Å². The first-order chi connectivity index (χ1) is 15.0. The van der Waals surface area contributed by atoms with E-state index in [4.69, 9.17) is 17.0 Å². The summed E-state index contributed by atoms with van der Waals surface area (Å²) in [5.41, 5.74) is 1.13. The number of hydrogen-bond donors (Lipinski definition) is 2. The predicted molar refractivity (Wildman–Crippen MR) is 115 cm³/mol. The largest absolute Gasteiger partial charge is 0.383 e. The Morgan fingerprint density at radius 3 is 2.97 bits per heavy atom. The Morgan fingerprint density at radius 2 is 2.16 bits per heavy atom. The number of rotatable bonds is 6. The Hall–Kier alpha value is -2.92. The van der Waals surface area contributed by atoms with E-state index in [0.717, 1.165) is 18.2 Å². The lowest BCUT2D eigenvalue weighted by Gasteiger charge is -2.26. The number of benzene rings is 1. The summed E-state index contributed by atoms with van der Waals surface area (Å²) < 4.78 is 49.0. The summed E-state index contributed by atoms with van der Waals surface area (Å²) in [6.07, 6.45) is 2.10. The van der Waals surface area contributed by atoms with Crippen LogP contribution >= 0.6 is 12.2 Å². The van der Waals surface area contributed by atoms with Gasteiger partial charge in [-0.15, -0.1) is 0 Å². The first kappa shape index (κ1) is 21.3. The number of fused-ring (bicyclic) bond motifs is 1. The first-order valence-electron chi connectivity index (χ1n) is 9.70. The van der Waals surface area contributed by atoms with Gasteiger partial charge in [-0.1, -0.05) is 0 Å². The van der Waals surface area contributed by atoms with E-state index < -0.39 is 23.8 Å². The molecule has 11 heteroatoms. The predicted octanol–water partition coefficient (Wildman–Crippen LogP) is 3.23. The summed E-state index contributed by atoms with van der Waals surface area (Å²) in [6.45, 7) is 1.06. The molecule has 2 aromatic heterocycles. The summed E-state index contributed by atoms with van der Waals surface area (Å²) in [6, 6.07) is 4.21. The van der Waals surface area contributed by atoms with Gasteiger partial charge < -0.3 is 20.3 Å². The number of ether oxygens (including phenoxy) is 1. The van der Waals surface area contributed by atoms with Gasteiger partial charge in [-0.2, -0.15) is 5.10 Å². The van der Waals surface area contributed by atoms with E-state index in [0.29, 0.717) is 35.4 Å². The van der Waals surface area contributed by atoms with Gasteiger partial charge in [0.15, 0.2) is 10.8 Å². The number of nitrogens with zero attached hydrogens (tertiary/aromatic N) is 4. The normalized spacial score (nSPS) is 18.5. The molecule has 3 aromatic rings. The van der Waals surface area contributed by atoms with Crippen LogP contribution in [-0.2, 0) is 4.74 Å². The van der Waals surface area contributed by atoms with E-state index >= 15 is 0 Å². The molecular weight excluding hydrogens is 429 g/mol. The molecule has 2 atom stereocenters. The van der Waals surface area contributed by atoms with Gasteiger partial charge in [0.05, 0.1) is 25.4 Å². The molecule has 0 spiro atoms. The highest BCUT2D eigenvalue weighted by atomic mass is 32.1. The standard InChI is InChI=1S/C20H21F3N6OS/c1-30-7-5-24-20(31)26-16-10-25-29-6-4-18(27-19(16)29)28-11-13(22)9-17(28)14-8-12(21)2-3-15(14)23/h2-4,6,8,10,13,17H,5,7,9,11H2,1H3,(H2,24,26,31)/t13-,17+/m0/s1. The minimum Gasteiger partial charge on any atom is -0.383 e. The minimum atomic E-state index is -1.19. The number of thiocarbonyl (C=S) groups is 1. The number of alkyl halides is 1. The second-order valence-corrected chi connectivity index (χ2v) is 7.56. The molecule has 0 unspecified atom stereocenters. The average Bonchev–Trinajstić information content (AvgIpc) is 3.33. The third-order valence-electron chi connectivity index (χ3n) is 5.06. The van der Waals surface area contributed by atoms with Gasteiger partial charge in [0.25, 0.3) is 0 Å². The zero-order valence-electron chi connectivity index (χ0n) is 16.7. The highest BCUT2D eigenvalue weighted by Gasteiger charge is 2.36. The molecule has 1 aliphatic heterocycles. The van der Waals surface area contributed by atoms with Crippen molar-refractivity contribution in [2.75, 3.05) is 37.0 Å². The molecule has 2 N–H and O–H groups in total. The molecule has 1 fully saturated rings. The van der Waals surface area contributed by atoms with E-state index in [9.17, 15) is 13.2 Å². The second kappa shape index (κ2) is 9.06. The van der Waals surface area contributed by atoms with Gasteiger partial charge in [0, 0.05) is 31.8 Å². The first-order valence-corrected chi connectivity index (χ1v) is 10.1. The topological polar surface area (TPSA) is 66.7 Å². The molecule has 1 saturated heterocycles. The fourth-order valence-electron chi connectivity index (χ4n) is 3.64. The third kappa shape index (κ3) is 4.57. The van der Waals surface area contributed by atoms with Crippen LogP contribution in [0.4, 0.5) is 24.7 Å². The Bertz CT molecular complexity index is 1090. The molecule has 4 rings (SSSR count). The summed E-state index contributed by atoms with van der Waals surface area (Å²) in [4.78, 5) is 6.25. The van der Waals surface area contributed by atoms with Crippen LogP contribution in [-0.4, -0.2) is 52.7 Å². The molecule has 1 aromatic carbocycles.